The number of nitrogens with one attached hydrogen (secondary N) is 1. The molecular weight excluding hydrogens is 236 g/mol. The topological polar surface area (TPSA) is 72.2 Å². The Hall–Kier alpha value is -0.620. The van der Waals surface area contributed by atoms with E-state index in [1.165, 1.54) is 12.1 Å². The molecule has 0 amide bonds. The van der Waals surface area contributed by atoms with Crippen LogP contribution in [0.4, 0.5) is 0 Å². The molecule has 4 nitrogen and oxygen atoms in total. The second-order valence-electron chi connectivity index (χ2n) is 3.58. The van der Waals surface area contributed by atoms with Crippen molar-refractivity contribution < 1.29 is 8.42 Å². The fourth-order valence-corrected chi connectivity index (χ4v) is 2.66. The van der Waals surface area contributed by atoms with Gasteiger partial charge in [0.2, 0.25) is 10.0 Å². The third-order valence-electron chi connectivity index (χ3n) is 2.27. The first-order valence-electron chi connectivity index (χ1n) is 4.52. The number of sulfonamides is 1. The Morgan fingerprint density at radius 1 is 1.33 bits per heavy atom. The van der Waals surface area contributed by atoms with E-state index in [4.69, 9.17) is 17.3 Å². The summed E-state index contributed by atoms with van der Waals surface area (Å²) in [6.07, 6.45) is 0.701. The molecule has 3 N–H and O–H groups in total. The van der Waals surface area contributed by atoms with E-state index in [-0.39, 0.29) is 17.0 Å². The molecule has 0 saturated heterocycles. The highest BCUT2D eigenvalue weighted by atomic mass is 35.5. The Labute approximate surface area is 93.5 Å². The molecule has 1 aromatic carbocycles. The monoisotopic (exact) mass is 246 g/mol. The summed E-state index contributed by atoms with van der Waals surface area (Å²) in [5.41, 5.74) is 5.53. The van der Waals surface area contributed by atoms with Gasteiger partial charge in [-0.25, -0.2) is 13.1 Å². The molecule has 1 aliphatic rings. The molecule has 15 heavy (non-hydrogen) atoms. The van der Waals surface area contributed by atoms with E-state index < -0.39 is 10.0 Å². The van der Waals surface area contributed by atoms with Crippen molar-refractivity contribution in [1.82, 2.24) is 4.72 Å². The van der Waals surface area contributed by atoms with E-state index in [1.54, 1.807) is 12.1 Å². The molecule has 0 radical (unpaired) electrons. The first-order chi connectivity index (χ1) is 6.99. The lowest BCUT2D eigenvalue weighted by Gasteiger charge is -2.05. The van der Waals surface area contributed by atoms with Gasteiger partial charge in [-0.3, -0.25) is 0 Å². The van der Waals surface area contributed by atoms with Gasteiger partial charge in [0.1, 0.15) is 0 Å². The molecule has 1 aromatic rings. The van der Waals surface area contributed by atoms with Gasteiger partial charge in [0.05, 0.1) is 4.90 Å². The molecule has 1 aliphatic carbocycles. The maximum atomic E-state index is 11.7. The highest BCUT2D eigenvalue weighted by molar-refractivity contribution is 7.89. The second-order valence-corrected chi connectivity index (χ2v) is 5.73. The average Bonchev–Trinajstić information content (AvgIpc) is 2.81. The zero-order valence-electron chi connectivity index (χ0n) is 7.85. The second kappa shape index (κ2) is 3.75. The van der Waals surface area contributed by atoms with E-state index >= 15 is 0 Å². The summed E-state index contributed by atoms with van der Waals surface area (Å²) in [5.74, 6) is 0. The molecule has 82 valence electrons. The standard InChI is InChI=1S/C9H11ClN2O2S/c10-6-1-3-7(4-2-6)15(13,14)12-9-5-8(9)11/h1-4,8-9,12H,5,11H2. The van der Waals surface area contributed by atoms with E-state index in [9.17, 15) is 8.42 Å². The van der Waals surface area contributed by atoms with E-state index in [2.05, 4.69) is 4.72 Å². The highest BCUT2D eigenvalue weighted by Gasteiger charge is 2.37. The Kier molecular flexibility index (Phi) is 2.72. The summed E-state index contributed by atoms with van der Waals surface area (Å²) in [7, 11) is -3.44. The van der Waals surface area contributed by atoms with Crippen LogP contribution in [-0.4, -0.2) is 20.5 Å². The molecule has 2 unspecified atom stereocenters. The van der Waals surface area contributed by atoms with Crippen molar-refractivity contribution in [2.75, 3.05) is 0 Å². The Bertz CT molecular complexity index is 458. The number of hydrogen-bond acceptors (Lipinski definition) is 3. The maximum absolute atomic E-state index is 11.7. The quantitative estimate of drug-likeness (QED) is 0.826. The smallest absolute Gasteiger partial charge is 0.240 e. The van der Waals surface area contributed by atoms with Crippen molar-refractivity contribution in [3.8, 4) is 0 Å². The lowest BCUT2D eigenvalue weighted by molar-refractivity contribution is 0.580. The highest BCUT2D eigenvalue weighted by Crippen LogP contribution is 2.21. The van der Waals surface area contributed by atoms with Crippen LogP contribution in [0, 0.1) is 0 Å². The molecule has 2 atom stereocenters. The lowest BCUT2D eigenvalue weighted by atomic mass is 10.4. The van der Waals surface area contributed by atoms with Crippen LogP contribution in [0.15, 0.2) is 29.2 Å². The van der Waals surface area contributed by atoms with Crippen LogP contribution in [0.1, 0.15) is 6.42 Å². The number of halogens is 1. The van der Waals surface area contributed by atoms with Gasteiger partial charge in [-0.15, -0.1) is 0 Å². The molecule has 6 heteroatoms. The predicted molar refractivity (Wildman–Crippen MR) is 58.2 cm³/mol. The van der Waals surface area contributed by atoms with Crippen molar-refractivity contribution in [3.63, 3.8) is 0 Å². The van der Waals surface area contributed by atoms with Crippen LogP contribution in [0.25, 0.3) is 0 Å². The number of rotatable bonds is 3. The molecular formula is C9H11ClN2O2S. The molecule has 1 fully saturated rings. The fraction of sp³-hybridized carbons (Fsp3) is 0.333. The summed E-state index contributed by atoms with van der Waals surface area (Å²) in [4.78, 5) is 0.214. The average molecular weight is 247 g/mol. The molecule has 1 saturated carbocycles. The van der Waals surface area contributed by atoms with Crippen LogP contribution < -0.4 is 10.5 Å². The van der Waals surface area contributed by atoms with Gasteiger partial charge in [-0.1, -0.05) is 11.6 Å². The fourth-order valence-electron chi connectivity index (χ4n) is 1.23. The van der Waals surface area contributed by atoms with E-state index in [0.29, 0.717) is 11.4 Å². The van der Waals surface area contributed by atoms with Gasteiger partial charge >= 0.3 is 0 Å². The molecule has 0 aliphatic heterocycles. The number of benzene rings is 1. The summed E-state index contributed by atoms with van der Waals surface area (Å²) in [6, 6.07) is 5.86. The normalized spacial score (nSPS) is 25.2. The number of hydrogen-bond donors (Lipinski definition) is 2. The van der Waals surface area contributed by atoms with Crippen molar-refractivity contribution >= 4 is 21.6 Å². The van der Waals surface area contributed by atoms with Gasteiger partial charge in [-0.2, -0.15) is 0 Å². The Balaban J connectivity index is 2.18. The predicted octanol–water partition coefficient (Wildman–Crippen LogP) is 0.718. The van der Waals surface area contributed by atoms with Gasteiger partial charge in [0.25, 0.3) is 0 Å². The molecule has 0 bridgehead atoms. The largest absolute Gasteiger partial charge is 0.326 e. The SMILES string of the molecule is NC1CC1NS(=O)(=O)c1ccc(Cl)cc1. The molecule has 0 heterocycles. The molecule has 0 aromatic heterocycles. The minimum atomic E-state index is -3.44. The number of nitrogens with two attached hydrogens (primary N) is 1. The van der Waals surface area contributed by atoms with Crippen molar-refractivity contribution in [2.45, 2.75) is 23.4 Å². The lowest BCUT2D eigenvalue weighted by Crippen LogP contribution is -2.29. The van der Waals surface area contributed by atoms with Crippen molar-refractivity contribution in [3.05, 3.63) is 29.3 Å². The van der Waals surface area contributed by atoms with Crippen molar-refractivity contribution in [1.29, 1.82) is 0 Å². The van der Waals surface area contributed by atoms with Crippen LogP contribution in [0.3, 0.4) is 0 Å². The van der Waals surface area contributed by atoms with E-state index in [1.807, 2.05) is 0 Å². The first-order valence-corrected chi connectivity index (χ1v) is 6.38. The minimum Gasteiger partial charge on any atom is -0.326 e. The first kappa shape index (κ1) is 10.9. The van der Waals surface area contributed by atoms with Crippen LogP contribution in [0.2, 0.25) is 5.02 Å². The van der Waals surface area contributed by atoms with Crippen LogP contribution in [-0.2, 0) is 10.0 Å². The molecule has 0 spiro atoms. The maximum Gasteiger partial charge on any atom is 0.240 e. The van der Waals surface area contributed by atoms with Crippen LogP contribution in [0.5, 0.6) is 0 Å². The summed E-state index contributed by atoms with van der Waals surface area (Å²) >= 11 is 5.67. The zero-order chi connectivity index (χ0) is 11.1. The van der Waals surface area contributed by atoms with Crippen LogP contribution >= 0.6 is 11.6 Å². The van der Waals surface area contributed by atoms with Gasteiger partial charge < -0.3 is 5.73 Å². The Morgan fingerprint density at radius 3 is 2.33 bits per heavy atom. The van der Waals surface area contributed by atoms with E-state index in [0.717, 1.165) is 0 Å². The van der Waals surface area contributed by atoms with Gasteiger partial charge in [-0.05, 0) is 30.7 Å². The summed E-state index contributed by atoms with van der Waals surface area (Å²) < 4.78 is 26.0. The summed E-state index contributed by atoms with van der Waals surface area (Å²) in [6.45, 7) is 0. The zero-order valence-corrected chi connectivity index (χ0v) is 9.42. The molecule has 2 rings (SSSR count). The third-order valence-corrected chi connectivity index (χ3v) is 4.03. The van der Waals surface area contributed by atoms with Gasteiger partial charge in [0, 0.05) is 17.1 Å². The van der Waals surface area contributed by atoms with Gasteiger partial charge in [0.15, 0.2) is 0 Å². The summed E-state index contributed by atoms with van der Waals surface area (Å²) in [5, 5.41) is 0.511. The Morgan fingerprint density at radius 2 is 1.87 bits per heavy atom. The minimum absolute atomic E-state index is 0.0490. The van der Waals surface area contributed by atoms with Crippen molar-refractivity contribution in [2.24, 2.45) is 5.73 Å². The third kappa shape index (κ3) is 2.49.